The van der Waals surface area contributed by atoms with Crippen LogP contribution >= 0.6 is 0 Å². The van der Waals surface area contributed by atoms with Crippen LogP contribution in [0.5, 0.6) is 0 Å². The molecule has 4 rings (SSSR count). The monoisotopic (exact) mass is 269 g/mol. The van der Waals surface area contributed by atoms with E-state index in [1.165, 1.54) is 33.0 Å². The highest BCUT2D eigenvalue weighted by Crippen LogP contribution is 2.31. The predicted octanol–water partition coefficient (Wildman–Crippen LogP) is 3.89. The summed E-state index contributed by atoms with van der Waals surface area (Å²) in [6.45, 7) is 2.19. The van der Waals surface area contributed by atoms with Gasteiger partial charge >= 0.3 is 0 Å². The number of para-hydroxylation sites is 2. The largest absolute Gasteiger partial charge is 0.309 e. The number of fused-ring (bicyclic) bond motifs is 3. The fraction of sp³-hybridized carbons (Fsp3) is 0.0526. The average molecular weight is 269 g/mol. The van der Waals surface area contributed by atoms with Crippen molar-refractivity contribution in [3.63, 3.8) is 0 Å². The summed E-state index contributed by atoms with van der Waals surface area (Å²) in [5.74, 6) is 0. The molecule has 0 aliphatic rings. The fourth-order valence-corrected chi connectivity index (χ4v) is 3.08. The lowest BCUT2D eigenvalue weighted by Gasteiger charge is -2.08. The maximum Gasteiger partial charge on any atom is 0.154 e. The van der Waals surface area contributed by atoms with Crippen molar-refractivity contribution in [3.05, 3.63) is 72.8 Å². The Morgan fingerprint density at radius 1 is 0.667 bits per heavy atom. The molecule has 2 heteroatoms. The van der Waals surface area contributed by atoms with E-state index in [9.17, 15) is 0 Å². The van der Waals surface area contributed by atoms with Crippen LogP contribution in [0, 0.1) is 0 Å². The summed E-state index contributed by atoms with van der Waals surface area (Å²) < 4.78 is 2.35. The van der Waals surface area contributed by atoms with Gasteiger partial charge < -0.3 is 4.57 Å². The van der Waals surface area contributed by atoms with Gasteiger partial charge in [0.15, 0.2) is 7.28 Å². The van der Waals surface area contributed by atoms with Crippen molar-refractivity contribution in [1.29, 1.82) is 0 Å². The van der Waals surface area contributed by atoms with Gasteiger partial charge in [0, 0.05) is 16.5 Å². The Bertz CT molecular complexity index is 866. The Hall–Kier alpha value is -2.48. The molecule has 4 aromatic rings. The lowest BCUT2D eigenvalue weighted by Crippen LogP contribution is -2.09. The molecule has 0 N–H and O–H groups in total. The van der Waals surface area contributed by atoms with Gasteiger partial charge in [-0.3, -0.25) is 0 Å². The topological polar surface area (TPSA) is 4.93 Å². The Morgan fingerprint density at radius 2 is 1.19 bits per heavy atom. The van der Waals surface area contributed by atoms with Crippen molar-refractivity contribution in [3.8, 4) is 5.69 Å². The van der Waals surface area contributed by atoms with Crippen molar-refractivity contribution in [1.82, 2.24) is 4.57 Å². The number of benzene rings is 3. The van der Waals surface area contributed by atoms with Crippen molar-refractivity contribution in [2.75, 3.05) is 0 Å². The molecule has 3 aromatic carbocycles. The normalized spacial score (nSPS) is 11.1. The van der Waals surface area contributed by atoms with E-state index >= 15 is 0 Å². The first kappa shape index (κ1) is 12.3. The zero-order valence-corrected chi connectivity index (χ0v) is 12.1. The molecule has 0 aliphatic carbocycles. The second-order valence-corrected chi connectivity index (χ2v) is 5.39. The van der Waals surface area contributed by atoms with Gasteiger partial charge in [0.25, 0.3) is 0 Å². The van der Waals surface area contributed by atoms with Crippen LogP contribution in [0.4, 0.5) is 0 Å². The second kappa shape index (κ2) is 4.82. The first-order chi connectivity index (χ1) is 10.4. The molecule has 0 aliphatic heterocycles. The number of hydrogen-bond acceptors (Lipinski definition) is 0. The summed E-state index contributed by atoms with van der Waals surface area (Å²) in [4.78, 5) is 0. The molecule has 0 saturated carbocycles. The van der Waals surface area contributed by atoms with E-state index in [1.54, 1.807) is 0 Å². The molecular weight excluding hydrogens is 253 g/mol. The fourth-order valence-electron chi connectivity index (χ4n) is 3.08. The lowest BCUT2D eigenvalue weighted by molar-refractivity contribution is 1.18. The summed E-state index contributed by atoms with van der Waals surface area (Å²) in [5.41, 5.74) is 5.13. The molecule has 0 fully saturated rings. The van der Waals surface area contributed by atoms with Crippen molar-refractivity contribution < 1.29 is 0 Å². The molecule has 0 saturated heterocycles. The Kier molecular flexibility index (Phi) is 2.82. The standard InChI is InChI=1S/C19H16BN/c1-20-14-10-12-15(13-11-14)21-18-8-4-2-6-16(18)17-7-3-5-9-19(17)21/h2-13,20H,1H3. The van der Waals surface area contributed by atoms with E-state index in [0.717, 1.165) is 7.28 Å². The van der Waals surface area contributed by atoms with E-state index in [0.29, 0.717) is 0 Å². The Labute approximate surface area is 125 Å². The molecule has 100 valence electrons. The molecule has 0 bridgehead atoms. The van der Waals surface area contributed by atoms with Crippen LogP contribution in [-0.4, -0.2) is 11.8 Å². The molecule has 0 atom stereocenters. The number of nitrogens with zero attached hydrogens (tertiary/aromatic N) is 1. The summed E-state index contributed by atoms with van der Waals surface area (Å²) in [6, 6.07) is 26.1. The van der Waals surface area contributed by atoms with E-state index in [-0.39, 0.29) is 0 Å². The Morgan fingerprint density at radius 3 is 1.71 bits per heavy atom. The van der Waals surface area contributed by atoms with Gasteiger partial charge in [-0.15, -0.1) is 0 Å². The SMILES string of the molecule is CBc1ccc(-n2c3ccccc3c3ccccc32)cc1. The van der Waals surface area contributed by atoms with Gasteiger partial charge in [-0.1, -0.05) is 60.8 Å². The maximum absolute atomic E-state index is 2.35. The van der Waals surface area contributed by atoms with Crippen molar-refractivity contribution in [2.45, 2.75) is 6.82 Å². The molecule has 1 heterocycles. The van der Waals surface area contributed by atoms with Crippen molar-refractivity contribution >= 4 is 34.5 Å². The van der Waals surface area contributed by atoms with Crippen LogP contribution in [0.2, 0.25) is 6.82 Å². The molecule has 0 unspecified atom stereocenters. The van der Waals surface area contributed by atoms with Crippen LogP contribution in [0.25, 0.3) is 27.5 Å². The number of aromatic nitrogens is 1. The van der Waals surface area contributed by atoms with Crippen LogP contribution in [-0.2, 0) is 0 Å². The maximum atomic E-state index is 2.35. The smallest absolute Gasteiger partial charge is 0.154 e. The first-order valence-corrected chi connectivity index (χ1v) is 7.46. The van der Waals surface area contributed by atoms with Gasteiger partial charge in [-0.2, -0.15) is 0 Å². The van der Waals surface area contributed by atoms with Crippen LogP contribution < -0.4 is 5.46 Å². The lowest BCUT2D eigenvalue weighted by atomic mass is 9.73. The Balaban J connectivity index is 2.09. The quantitative estimate of drug-likeness (QED) is 0.486. The third-order valence-electron chi connectivity index (χ3n) is 4.18. The highest BCUT2D eigenvalue weighted by molar-refractivity contribution is 6.51. The third kappa shape index (κ3) is 1.87. The van der Waals surface area contributed by atoms with E-state index in [1.807, 2.05) is 0 Å². The number of hydrogen-bond donors (Lipinski definition) is 0. The van der Waals surface area contributed by atoms with Crippen LogP contribution in [0.15, 0.2) is 72.8 Å². The zero-order valence-electron chi connectivity index (χ0n) is 12.1. The van der Waals surface area contributed by atoms with Gasteiger partial charge in [0.2, 0.25) is 0 Å². The molecule has 1 nitrogen and oxygen atoms in total. The molecule has 0 radical (unpaired) electrons. The van der Waals surface area contributed by atoms with Gasteiger partial charge in [-0.05, 0) is 24.3 Å². The highest BCUT2D eigenvalue weighted by atomic mass is 15.0. The summed E-state index contributed by atoms with van der Waals surface area (Å²) in [7, 11) is 1.08. The third-order valence-corrected chi connectivity index (χ3v) is 4.18. The second-order valence-electron chi connectivity index (χ2n) is 5.39. The minimum Gasteiger partial charge on any atom is -0.309 e. The van der Waals surface area contributed by atoms with Gasteiger partial charge in [0.05, 0.1) is 11.0 Å². The van der Waals surface area contributed by atoms with Crippen LogP contribution in [0.1, 0.15) is 0 Å². The van der Waals surface area contributed by atoms with Crippen LogP contribution in [0.3, 0.4) is 0 Å². The number of rotatable bonds is 2. The van der Waals surface area contributed by atoms with Gasteiger partial charge in [0.1, 0.15) is 0 Å². The van der Waals surface area contributed by atoms with Gasteiger partial charge in [-0.25, -0.2) is 0 Å². The molecule has 0 amide bonds. The minimum absolute atomic E-state index is 1.08. The van der Waals surface area contributed by atoms with Crippen molar-refractivity contribution in [2.24, 2.45) is 0 Å². The van der Waals surface area contributed by atoms with E-state index < -0.39 is 0 Å². The minimum atomic E-state index is 1.08. The molecule has 21 heavy (non-hydrogen) atoms. The summed E-state index contributed by atoms with van der Waals surface area (Å²) in [6.07, 6.45) is 0. The molecule has 0 spiro atoms. The predicted molar refractivity (Wildman–Crippen MR) is 93.4 cm³/mol. The summed E-state index contributed by atoms with van der Waals surface area (Å²) >= 11 is 0. The van der Waals surface area contributed by atoms with E-state index in [4.69, 9.17) is 0 Å². The van der Waals surface area contributed by atoms with E-state index in [2.05, 4.69) is 84.2 Å². The zero-order chi connectivity index (χ0) is 14.2. The molecule has 1 aromatic heterocycles. The highest BCUT2D eigenvalue weighted by Gasteiger charge is 2.10. The first-order valence-electron chi connectivity index (χ1n) is 7.46. The molecular formula is C19H16BN. The average Bonchev–Trinajstić information content (AvgIpc) is 2.90. The summed E-state index contributed by atoms with van der Waals surface area (Å²) in [5, 5.41) is 2.63.